The number of amides is 1. The van der Waals surface area contributed by atoms with Crippen LogP contribution in [0, 0.1) is 17.2 Å². The fraction of sp³-hybridized carbons (Fsp3) is 0.875. The summed E-state index contributed by atoms with van der Waals surface area (Å²) in [5.74, 6) is -0.516. The lowest BCUT2D eigenvalue weighted by Gasteiger charge is -2.38. The Bertz CT molecular complexity index is 583. The molecule has 0 aromatic carbocycles. The first-order chi connectivity index (χ1) is 16.0. The summed E-state index contributed by atoms with van der Waals surface area (Å²) in [6.45, 7) is 7.02. The van der Waals surface area contributed by atoms with Crippen molar-refractivity contribution in [3.8, 4) is 6.07 Å². The summed E-state index contributed by atoms with van der Waals surface area (Å²) < 4.78 is 4.18. The summed E-state index contributed by atoms with van der Waals surface area (Å²) in [7, 11) is 0. The number of nitriles is 1. The molecule has 190 valence electrons. The molecule has 1 aliphatic rings. The van der Waals surface area contributed by atoms with E-state index in [4.69, 9.17) is 17.1 Å². The number of carbonyl (C=O) groups excluding carboxylic acids is 2. The van der Waals surface area contributed by atoms with Gasteiger partial charge < -0.3 is 19.6 Å². The Kier molecular flexibility index (Phi) is 17.0. The topological polar surface area (TPSA) is 106 Å². The summed E-state index contributed by atoms with van der Waals surface area (Å²) in [5.41, 5.74) is 0. The Morgan fingerprint density at radius 1 is 1.06 bits per heavy atom. The van der Waals surface area contributed by atoms with E-state index in [0.717, 1.165) is 71.2 Å². The molecule has 0 aromatic heterocycles. The largest absolute Gasteiger partial charge is 0.395 e. The highest BCUT2D eigenvalue weighted by molar-refractivity contribution is 6.13. The molecule has 9 heteroatoms. The van der Waals surface area contributed by atoms with Gasteiger partial charge in [-0.05, 0) is 58.5 Å². The Hall–Kier alpha value is -1.40. The first-order valence-electron chi connectivity index (χ1n) is 12.5. The molecule has 1 amide bonds. The zero-order valence-electron chi connectivity index (χ0n) is 20.3. The van der Waals surface area contributed by atoms with Crippen molar-refractivity contribution in [2.75, 3.05) is 45.9 Å². The molecule has 0 bridgehead atoms. The zero-order chi connectivity index (χ0) is 24.3. The maximum Gasteiger partial charge on any atom is 0.324 e. The molecule has 0 aromatic rings. The maximum absolute atomic E-state index is 11.9. The van der Waals surface area contributed by atoms with Crippen LogP contribution >= 0.6 is 11.9 Å². The van der Waals surface area contributed by atoms with Crippen LogP contribution < -0.4 is 5.32 Å². The van der Waals surface area contributed by atoms with Crippen LogP contribution in [0.2, 0.25) is 0 Å². The van der Waals surface area contributed by atoms with E-state index in [1.165, 1.54) is 19.3 Å². The fourth-order valence-corrected chi connectivity index (χ4v) is 4.06. The Balaban J connectivity index is 2.33. The maximum atomic E-state index is 11.9. The van der Waals surface area contributed by atoms with Crippen LogP contribution in [0.25, 0.3) is 0 Å². The van der Waals surface area contributed by atoms with Crippen molar-refractivity contribution < 1.29 is 19.0 Å². The van der Waals surface area contributed by atoms with Crippen LogP contribution in [-0.4, -0.2) is 78.7 Å². The Labute approximate surface area is 204 Å². The Morgan fingerprint density at radius 2 is 1.73 bits per heavy atom. The molecule has 1 atom stereocenters. The number of nitrogens with one attached hydrogen (secondary N) is 1. The summed E-state index contributed by atoms with van der Waals surface area (Å²) >= 11 is 5.08. The smallest absolute Gasteiger partial charge is 0.324 e. The van der Waals surface area contributed by atoms with Crippen molar-refractivity contribution in [1.29, 1.82) is 5.26 Å². The third kappa shape index (κ3) is 14.5. The zero-order valence-corrected chi connectivity index (χ0v) is 21.0. The molecule has 8 nitrogen and oxygen atoms in total. The number of carbonyl (C=O) groups is 2. The van der Waals surface area contributed by atoms with Gasteiger partial charge in [-0.1, -0.05) is 19.3 Å². The molecule has 1 rings (SSSR count). The average molecular weight is 487 g/mol. The summed E-state index contributed by atoms with van der Waals surface area (Å²) in [4.78, 5) is 27.9. The van der Waals surface area contributed by atoms with Crippen LogP contribution in [0.3, 0.4) is 0 Å². The second-order valence-corrected chi connectivity index (χ2v) is 9.24. The lowest BCUT2D eigenvalue weighted by molar-refractivity contribution is -0.134. The molecule has 1 saturated carbocycles. The molecule has 0 heterocycles. The van der Waals surface area contributed by atoms with E-state index in [0.29, 0.717) is 25.4 Å². The molecule has 0 spiro atoms. The third-order valence-corrected chi connectivity index (χ3v) is 6.50. The van der Waals surface area contributed by atoms with Gasteiger partial charge in [-0.2, -0.15) is 5.26 Å². The van der Waals surface area contributed by atoms with Crippen LogP contribution in [0.4, 0.5) is 0 Å². The molecule has 0 aliphatic heterocycles. The van der Waals surface area contributed by atoms with E-state index in [1.54, 1.807) is 6.92 Å². The van der Waals surface area contributed by atoms with Crippen LogP contribution in [0.15, 0.2) is 0 Å². The van der Waals surface area contributed by atoms with Gasteiger partial charge in [0.15, 0.2) is 0 Å². The molecular formula is C24H43ClN4O4. The van der Waals surface area contributed by atoms with E-state index in [-0.39, 0.29) is 24.4 Å². The van der Waals surface area contributed by atoms with Crippen molar-refractivity contribution >= 4 is 23.7 Å². The molecule has 1 fully saturated rings. The standard InChI is InChI=1S/C24H43ClN4O4/c1-21(19-26)20-27-23(31)11-4-2-6-13-28(14-7-3-5-12-24(32)33-25)15-16-29(17-18-30)22-9-8-10-22/h21-22,30H,2-18,20H2,1H3,(H,27,31). The van der Waals surface area contributed by atoms with E-state index in [2.05, 4.69) is 25.5 Å². The number of aliphatic hydroxyl groups is 1. The first kappa shape index (κ1) is 29.6. The number of nitrogens with zero attached hydrogens (tertiary/aromatic N) is 3. The number of rotatable bonds is 20. The van der Waals surface area contributed by atoms with E-state index in [9.17, 15) is 14.7 Å². The number of aliphatic hydroxyl groups excluding tert-OH is 1. The summed E-state index contributed by atoms with van der Waals surface area (Å²) in [6, 6.07) is 2.73. The van der Waals surface area contributed by atoms with Crippen molar-refractivity contribution in [1.82, 2.24) is 15.1 Å². The minimum absolute atomic E-state index is 0.0181. The van der Waals surface area contributed by atoms with Crippen molar-refractivity contribution in [2.45, 2.75) is 83.6 Å². The Morgan fingerprint density at radius 3 is 2.27 bits per heavy atom. The van der Waals surface area contributed by atoms with E-state index < -0.39 is 0 Å². The monoisotopic (exact) mass is 486 g/mol. The van der Waals surface area contributed by atoms with Gasteiger partial charge in [0, 0.05) is 45.1 Å². The first-order valence-corrected chi connectivity index (χ1v) is 12.9. The van der Waals surface area contributed by atoms with Crippen molar-refractivity contribution in [3.63, 3.8) is 0 Å². The summed E-state index contributed by atoms with van der Waals surface area (Å²) in [6.07, 6.45) is 10.2. The molecule has 1 unspecified atom stereocenters. The highest BCUT2D eigenvalue weighted by atomic mass is 35.5. The highest BCUT2D eigenvalue weighted by Crippen LogP contribution is 2.24. The number of halogens is 1. The lowest BCUT2D eigenvalue weighted by Crippen LogP contribution is -2.45. The van der Waals surface area contributed by atoms with Crippen molar-refractivity contribution in [2.24, 2.45) is 5.92 Å². The molecule has 33 heavy (non-hydrogen) atoms. The van der Waals surface area contributed by atoms with Gasteiger partial charge in [0.25, 0.3) is 0 Å². The highest BCUT2D eigenvalue weighted by Gasteiger charge is 2.24. The third-order valence-electron chi connectivity index (χ3n) is 6.33. The van der Waals surface area contributed by atoms with Gasteiger partial charge in [-0.3, -0.25) is 14.5 Å². The number of hydrogen-bond donors (Lipinski definition) is 2. The minimum Gasteiger partial charge on any atom is -0.395 e. The quantitative estimate of drug-likeness (QED) is 0.254. The number of hydrogen-bond acceptors (Lipinski definition) is 7. The molecular weight excluding hydrogens is 444 g/mol. The number of unbranched alkanes of at least 4 members (excludes halogenated alkanes) is 4. The average Bonchev–Trinajstić information content (AvgIpc) is 2.78. The molecule has 2 N–H and O–H groups in total. The summed E-state index contributed by atoms with van der Waals surface area (Å²) in [5, 5.41) is 21.0. The predicted octanol–water partition coefficient (Wildman–Crippen LogP) is 3.23. The molecule has 0 radical (unpaired) electrons. The fourth-order valence-electron chi connectivity index (χ4n) is 3.98. The predicted molar refractivity (Wildman–Crippen MR) is 129 cm³/mol. The van der Waals surface area contributed by atoms with Crippen molar-refractivity contribution in [3.05, 3.63) is 0 Å². The van der Waals surface area contributed by atoms with Gasteiger partial charge in [0.1, 0.15) is 11.9 Å². The molecule has 1 aliphatic carbocycles. The van der Waals surface area contributed by atoms with Crippen LogP contribution in [-0.2, 0) is 13.9 Å². The SMILES string of the molecule is CC(C#N)CNC(=O)CCCCCN(CCCCCC(=O)OCl)CCN(CCO)C1CCC1. The van der Waals surface area contributed by atoms with Crippen LogP contribution in [0.5, 0.6) is 0 Å². The minimum atomic E-state index is -0.375. The second kappa shape index (κ2) is 19.0. The van der Waals surface area contributed by atoms with E-state index >= 15 is 0 Å². The van der Waals surface area contributed by atoms with Gasteiger partial charge in [0.2, 0.25) is 5.91 Å². The molecule has 0 saturated heterocycles. The normalized spacial score (nSPS) is 14.7. The van der Waals surface area contributed by atoms with Crippen LogP contribution in [0.1, 0.15) is 77.6 Å². The van der Waals surface area contributed by atoms with Gasteiger partial charge >= 0.3 is 5.97 Å². The van der Waals surface area contributed by atoms with Gasteiger partial charge in [0.05, 0.1) is 18.6 Å². The van der Waals surface area contributed by atoms with Gasteiger partial charge in [-0.15, -0.1) is 0 Å². The lowest BCUT2D eigenvalue weighted by atomic mass is 9.91. The van der Waals surface area contributed by atoms with E-state index in [1.807, 2.05) is 0 Å². The second-order valence-electron chi connectivity index (χ2n) is 9.09. The van der Waals surface area contributed by atoms with Gasteiger partial charge in [-0.25, -0.2) is 0 Å².